The second-order valence-electron chi connectivity index (χ2n) is 5.78. The summed E-state index contributed by atoms with van der Waals surface area (Å²) < 4.78 is 5.39. The molecule has 0 amide bonds. The zero-order valence-electron chi connectivity index (χ0n) is 12.2. The van der Waals surface area contributed by atoms with Crippen molar-refractivity contribution in [2.75, 3.05) is 20.2 Å². The number of rotatable bonds is 4. The van der Waals surface area contributed by atoms with Gasteiger partial charge in [0.15, 0.2) is 11.5 Å². The standard InChI is InChI=1S/C16H25NO2/c1-11(2)13-9-14(16(19-3)15(18)10-13)8-12-4-6-17-7-5-12/h9-12,17-18H,4-8H2,1-3H3. The summed E-state index contributed by atoms with van der Waals surface area (Å²) in [6.07, 6.45) is 3.41. The molecule has 0 aliphatic carbocycles. The highest BCUT2D eigenvalue weighted by Crippen LogP contribution is 2.36. The molecular formula is C16H25NO2. The fourth-order valence-corrected chi connectivity index (χ4v) is 2.81. The molecular weight excluding hydrogens is 238 g/mol. The second kappa shape index (κ2) is 6.29. The van der Waals surface area contributed by atoms with Gasteiger partial charge in [-0.25, -0.2) is 0 Å². The van der Waals surface area contributed by atoms with Gasteiger partial charge in [-0.1, -0.05) is 19.9 Å². The summed E-state index contributed by atoms with van der Waals surface area (Å²) in [5.41, 5.74) is 2.33. The second-order valence-corrected chi connectivity index (χ2v) is 5.78. The smallest absolute Gasteiger partial charge is 0.163 e. The maximum Gasteiger partial charge on any atom is 0.163 e. The van der Waals surface area contributed by atoms with Crippen molar-refractivity contribution in [3.8, 4) is 11.5 Å². The molecule has 2 rings (SSSR count). The molecule has 0 spiro atoms. The summed E-state index contributed by atoms with van der Waals surface area (Å²) in [6.45, 7) is 6.50. The van der Waals surface area contributed by atoms with Gasteiger partial charge in [0.1, 0.15) is 0 Å². The summed E-state index contributed by atoms with van der Waals surface area (Å²) in [7, 11) is 1.63. The third-order valence-electron chi connectivity index (χ3n) is 4.01. The van der Waals surface area contributed by atoms with Gasteiger partial charge < -0.3 is 15.2 Å². The number of nitrogens with one attached hydrogen (secondary N) is 1. The minimum absolute atomic E-state index is 0.276. The van der Waals surface area contributed by atoms with E-state index < -0.39 is 0 Å². The van der Waals surface area contributed by atoms with E-state index in [0.29, 0.717) is 17.6 Å². The van der Waals surface area contributed by atoms with E-state index in [0.717, 1.165) is 25.1 Å². The maximum absolute atomic E-state index is 10.1. The lowest BCUT2D eigenvalue weighted by molar-refractivity contribution is 0.348. The van der Waals surface area contributed by atoms with Gasteiger partial charge in [0.05, 0.1) is 7.11 Å². The number of piperidine rings is 1. The Bertz CT molecular complexity index is 423. The molecule has 1 aromatic rings. The van der Waals surface area contributed by atoms with Crippen molar-refractivity contribution in [2.24, 2.45) is 5.92 Å². The lowest BCUT2D eigenvalue weighted by Gasteiger charge is -2.24. The van der Waals surface area contributed by atoms with Crippen molar-refractivity contribution in [1.82, 2.24) is 5.32 Å². The van der Waals surface area contributed by atoms with E-state index in [4.69, 9.17) is 4.74 Å². The molecule has 3 nitrogen and oxygen atoms in total. The molecule has 1 aliphatic rings. The highest BCUT2D eigenvalue weighted by molar-refractivity contribution is 5.49. The van der Waals surface area contributed by atoms with Crippen LogP contribution in [0, 0.1) is 5.92 Å². The highest BCUT2D eigenvalue weighted by atomic mass is 16.5. The minimum atomic E-state index is 0.276. The van der Waals surface area contributed by atoms with Crippen molar-refractivity contribution in [3.63, 3.8) is 0 Å². The van der Waals surface area contributed by atoms with Gasteiger partial charge in [-0.2, -0.15) is 0 Å². The van der Waals surface area contributed by atoms with E-state index in [-0.39, 0.29) is 5.75 Å². The Morgan fingerprint density at radius 3 is 2.58 bits per heavy atom. The molecule has 0 radical (unpaired) electrons. The lowest BCUT2D eigenvalue weighted by atomic mass is 9.88. The Hall–Kier alpha value is -1.22. The normalized spacial score (nSPS) is 16.8. The molecule has 1 fully saturated rings. The first-order chi connectivity index (χ1) is 9.11. The number of aromatic hydroxyl groups is 1. The van der Waals surface area contributed by atoms with Crippen molar-refractivity contribution >= 4 is 0 Å². The summed E-state index contributed by atoms with van der Waals surface area (Å²) in [5.74, 6) is 2.04. The minimum Gasteiger partial charge on any atom is -0.504 e. The number of ether oxygens (including phenoxy) is 1. The van der Waals surface area contributed by atoms with Gasteiger partial charge in [0, 0.05) is 0 Å². The number of benzene rings is 1. The number of hydrogen-bond acceptors (Lipinski definition) is 3. The fourth-order valence-electron chi connectivity index (χ4n) is 2.81. The zero-order chi connectivity index (χ0) is 13.8. The molecule has 1 aromatic carbocycles. The molecule has 0 unspecified atom stereocenters. The van der Waals surface area contributed by atoms with Crippen molar-refractivity contribution < 1.29 is 9.84 Å². The molecule has 1 saturated heterocycles. The predicted octanol–water partition coefficient (Wildman–Crippen LogP) is 3.07. The fraction of sp³-hybridized carbons (Fsp3) is 0.625. The third kappa shape index (κ3) is 3.41. The van der Waals surface area contributed by atoms with Crippen molar-refractivity contribution in [1.29, 1.82) is 0 Å². The van der Waals surface area contributed by atoms with Crippen LogP contribution >= 0.6 is 0 Å². The van der Waals surface area contributed by atoms with Crippen LogP contribution in [0.25, 0.3) is 0 Å². The van der Waals surface area contributed by atoms with Crippen LogP contribution in [0.1, 0.15) is 43.7 Å². The van der Waals surface area contributed by atoms with Crippen LogP contribution in [0.3, 0.4) is 0 Å². The van der Waals surface area contributed by atoms with Crippen LogP contribution in [-0.4, -0.2) is 25.3 Å². The van der Waals surface area contributed by atoms with E-state index in [1.54, 1.807) is 7.11 Å². The Balaban J connectivity index is 2.25. The van der Waals surface area contributed by atoms with E-state index >= 15 is 0 Å². The van der Waals surface area contributed by atoms with E-state index in [2.05, 4.69) is 25.2 Å². The third-order valence-corrected chi connectivity index (χ3v) is 4.01. The SMILES string of the molecule is COc1c(O)cc(C(C)C)cc1CC1CCNCC1. The first-order valence-electron chi connectivity index (χ1n) is 7.22. The van der Waals surface area contributed by atoms with Crippen LogP contribution < -0.4 is 10.1 Å². The summed E-state index contributed by atoms with van der Waals surface area (Å²) in [4.78, 5) is 0. The summed E-state index contributed by atoms with van der Waals surface area (Å²) in [6, 6.07) is 4.03. The van der Waals surface area contributed by atoms with Gasteiger partial charge >= 0.3 is 0 Å². The number of phenols is 1. The summed E-state index contributed by atoms with van der Waals surface area (Å²) >= 11 is 0. The predicted molar refractivity (Wildman–Crippen MR) is 78.0 cm³/mol. The Labute approximate surface area is 116 Å². The molecule has 3 heteroatoms. The van der Waals surface area contributed by atoms with E-state index in [1.165, 1.54) is 18.4 Å². The molecule has 0 bridgehead atoms. The van der Waals surface area contributed by atoms with Crippen LogP contribution in [-0.2, 0) is 6.42 Å². The van der Waals surface area contributed by atoms with Crippen LogP contribution in [0.5, 0.6) is 11.5 Å². The molecule has 19 heavy (non-hydrogen) atoms. The largest absolute Gasteiger partial charge is 0.504 e. The monoisotopic (exact) mass is 263 g/mol. The molecule has 1 aliphatic heterocycles. The Kier molecular flexibility index (Phi) is 4.70. The Morgan fingerprint density at radius 2 is 2.00 bits per heavy atom. The number of phenolic OH excluding ortho intramolecular Hbond substituents is 1. The Morgan fingerprint density at radius 1 is 1.32 bits per heavy atom. The molecule has 1 heterocycles. The van der Waals surface area contributed by atoms with E-state index in [9.17, 15) is 5.11 Å². The number of hydrogen-bond donors (Lipinski definition) is 2. The lowest BCUT2D eigenvalue weighted by Crippen LogP contribution is -2.28. The highest BCUT2D eigenvalue weighted by Gasteiger charge is 2.18. The van der Waals surface area contributed by atoms with Crippen LogP contribution in [0.4, 0.5) is 0 Å². The van der Waals surface area contributed by atoms with Gasteiger partial charge in [0.2, 0.25) is 0 Å². The summed E-state index contributed by atoms with van der Waals surface area (Å²) in [5, 5.41) is 13.5. The van der Waals surface area contributed by atoms with Crippen LogP contribution in [0.15, 0.2) is 12.1 Å². The topological polar surface area (TPSA) is 41.5 Å². The molecule has 2 N–H and O–H groups in total. The average molecular weight is 263 g/mol. The molecule has 106 valence electrons. The zero-order valence-corrected chi connectivity index (χ0v) is 12.2. The van der Waals surface area contributed by atoms with Gasteiger partial charge in [-0.15, -0.1) is 0 Å². The molecule has 0 atom stereocenters. The van der Waals surface area contributed by atoms with Gasteiger partial charge in [-0.3, -0.25) is 0 Å². The quantitative estimate of drug-likeness (QED) is 0.877. The maximum atomic E-state index is 10.1. The molecule has 0 aromatic heterocycles. The first kappa shape index (κ1) is 14.2. The van der Waals surface area contributed by atoms with Crippen molar-refractivity contribution in [3.05, 3.63) is 23.3 Å². The van der Waals surface area contributed by atoms with Gasteiger partial charge in [-0.05, 0) is 61.4 Å². The van der Waals surface area contributed by atoms with Crippen LogP contribution in [0.2, 0.25) is 0 Å². The molecule has 0 saturated carbocycles. The number of methoxy groups -OCH3 is 1. The van der Waals surface area contributed by atoms with Gasteiger partial charge in [0.25, 0.3) is 0 Å². The van der Waals surface area contributed by atoms with E-state index in [1.807, 2.05) is 6.07 Å². The first-order valence-corrected chi connectivity index (χ1v) is 7.22. The average Bonchev–Trinajstić information content (AvgIpc) is 2.39. The van der Waals surface area contributed by atoms with Crippen molar-refractivity contribution in [2.45, 2.75) is 39.0 Å².